The van der Waals surface area contributed by atoms with Gasteiger partial charge >= 0.3 is 0 Å². The fourth-order valence-corrected chi connectivity index (χ4v) is 8.26. The Labute approximate surface area is 302 Å². The van der Waals surface area contributed by atoms with Crippen LogP contribution in [0.25, 0.3) is 89.2 Å². The van der Waals surface area contributed by atoms with Crippen molar-refractivity contribution in [3.8, 4) is 67.3 Å². The molecule has 2 heterocycles. The zero-order chi connectivity index (χ0) is 34.8. The molecule has 2 aromatic heterocycles. The smallest absolute Gasteiger partial charge is 0.160 e. The van der Waals surface area contributed by atoms with Gasteiger partial charge in [-0.3, -0.25) is 0 Å². The molecule has 0 radical (unpaired) electrons. The molecule has 9 aromatic rings. The second-order valence-corrected chi connectivity index (χ2v) is 14.1. The molecule has 3 nitrogen and oxygen atoms in total. The highest BCUT2D eigenvalue weighted by atomic mass is 16.3. The van der Waals surface area contributed by atoms with E-state index in [9.17, 15) is 0 Å². The fourth-order valence-electron chi connectivity index (χ4n) is 8.26. The van der Waals surface area contributed by atoms with Crippen molar-refractivity contribution in [3.05, 3.63) is 181 Å². The molecule has 0 fully saturated rings. The zero-order valence-electron chi connectivity index (χ0n) is 29.0. The van der Waals surface area contributed by atoms with Crippen LogP contribution in [0.3, 0.4) is 0 Å². The summed E-state index contributed by atoms with van der Waals surface area (Å²) in [5.41, 5.74) is 15.9. The third-order valence-electron chi connectivity index (χ3n) is 10.7. The predicted molar refractivity (Wildman–Crippen MR) is 214 cm³/mol. The van der Waals surface area contributed by atoms with Gasteiger partial charge in [0.1, 0.15) is 11.2 Å². The van der Waals surface area contributed by atoms with E-state index in [0.29, 0.717) is 5.82 Å². The van der Waals surface area contributed by atoms with Gasteiger partial charge in [0.05, 0.1) is 11.4 Å². The van der Waals surface area contributed by atoms with E-state index >= 15 is 0 Å². The summed E-state index contributed by atoms with van der Waals surface area (Å²) in [6.07, 6.45) is 0. The predicted octanol–water partition coefficient (Wildman–Crippen LogP) is 13.0. The van der Waals surface area contributed by atoms with E-state index in [1.165, 1.54) is 33.4 Å². The van der Waals surface area contributed by atoms with Crippen LogP contribution in [0.15, 0.2) is 174 Å². The van der Waals surface area contributed by atoms with Gasteiger partial charge in [-0.25, -0.2) is 9.97 Å². The minimum absolute atomic E-state index is 0.223. The summed E-state index contributed by atoms with van der Waals surface area (Å²) in [4.78, 5) is 10.8. The highest BCUT2D eigenvalue weighted by molar-refractivity contribution is 6.09. The summed E-state index contributed by atoms with van der Waals surface area (Å²) >= 11 is 0. The van der Waals surface area contributed by atoms with Crippen LogP contribution in [0.2, 0.25) is 0 Å². The van der Waals surface area contributed by atoms with Gasteiger partial charge in [0, 0.05) is 32.9 Å². The van der Waals surface area contributed by atoms with Gasteiger partial charge in [0.15, 0.2) is 5.82 Å². The number of benzene rings is 7. The Hall–Kier alpha value is -6.58. The van der Waals surface area contributed by atoms with Crippen LogP contribution in [0, 0.1) is 0 Å². The van der Waals surface area contributed by atoms with E-state index in [-0.39, 0.29) is 5.41 Å². The van der Waals surface area contributed by atoms with E-state index < -0.39 is 0 Å². The van der Waals surface area contributed by atoms with Crippen LogP contribution in [-0.4, -0.2) is 9.97 Å². The van der Waals surface area contributed by atoms with Gasteiger partial charge in [-0.15, -0.1) is 0 Å². The monoisotopic (exact) mass is 666 g/mol. The van der Waals surface area contributed by atoms with Crippen LogP contribution < -0.4 is 0 Å². The quantitative estimate of drug-likeness (QED) is 0.183. The first kappa shape index (κ1) is 30.3. The van der Waals surface area contributed by atoms with E-state index in [4.69, 9.17) is 14.4 Å². The Morgan fingerprint density at radius 3 is 1.81 bits per heavy atom. The maximum Gasteiger partial charge on any atom is 0.160 e. The topological polar surface area (TPSA) is 38.9 Å². The Kier molecular flexibility index (Phi) is 6.84. The van der Waals surface area contributed by atoms with Crippen molar-refractivity contribution in [2.45, 2.75) is 19.3 Å². The van der Waals surface area contributed by atoms with Crippen LogP contribution in [0.5, 0.6) is 0 Å². The molecule has 3 heteroatoms. The molecule has 246 valence electrons. The van der Waals surface area contributed by atoms with Gasteiger partial charge in [0.2, 0.25) is 0 Å². The van der Waals surface area contributed by atoms with Crippen molar-refractivity contribution in [1.29, 1.82) is 0 Å². The fraction of sp³-hybridized carbons (Fsp3) is 0.0612. The van der Waals surface area contributed by atoms with Crippen LogP contribution in [0.1, 0.15) is 25.0 Å². The Morgan fingerprint density at radius 1 is 0.423 bits per heavy atom. The molecule has 0 aliphatic heterocycles. The Balaban J connectivity index is 1.20. The van der Waals surface area contributed by atoms with Crippen LogP contribution in [0.4, 0.5) is 0 Å². The third-order valence-corrected chi connectivity index (χ3v) is 10.7. The Bertz CT molecular complexity index is 2810. The standard InChI is InChI=1S/C49H34N2O/c1-49(2)42-24-10-8-17-35(42)38-20-12-23-41(46(38)49)48-50-43(30-44(51-48)40-22-13-21-39-37-19-9-11-25-45(37)52-47(39)40)36-18-7-6-16-34(36)33-28-26-32(27-29-33)31-14-4-3-5-15-31/h3-30H,1-2H3. The number of fused-ring (bicyclic) bond motifs is 6. The SMILES string of the molecule is CC1(C)c2ccccc2-c2cccc(-c3nc(-c4ccccc4-c4ccc(-c5ccccc5)cc4)cc(-c4cccc5c4oc4ccccc45)n3)c21. The van der Waals surface area contributed by atoms with Gasteiger partial charge in [0.25, 0.3) is 0 Å². The average molecular weight is 667 g/mol. The number of hydrogen-bond donors (Lipinski definition) is 0. The molecular weight excluding hydrogens is 633 g/mol. The largest absolute Gasteiger partial charge is 0.455 e. The second-order valence-electron chi connectivity index (χ2n) is 14.1. The molecule has 52 heavy (non-hydrogen) atoms. The summed E-state index contributed by atoms with van der Waals surface area (Å²) in [5, 5.41) is 2.17. The van der Waals surface area contributed by atoms with Crippen LogP contribution >= 0.6 is 0 Å². The van der Waals surface area contributed by atoms with E-state index in [2.05, 4.69) is 172 Å². The van der Waals surface area contributed by atoms with Gasteiger partial charge in [-0.2, -0.15) is 0 Å². The molecular formula is C49H34N2O. The number of aromatic nitrogens is 2. The minimum Gasteiger partial charge on any atom is -0.455 e. The first-order valence-corrected chi connectivity index (χ1v) is 17.8. The summed E-state index contributed by atoms with van der Waals surface area (Å²) in [6.45, 7) is 4.63. The maximum absolute atomic E-state index is 6.56. The van der Waals surface area contributed by atoms with Crippen LogP contribution in [-0.2, 0) is 5.41 Å². The Morgan fingerprint density at radius 2 is 0.981 bits per heavy atom. The molecule has 0 N–H and O–H groups in total. The first-order valence-electron chi connectivity index (χ1n) is 17.8. The lowest BCUT2D eigenvalue weighted by Crippen LogP contribution is -2.16. The van der Waals surface area contributed by atoms with Crippen molar-refractivity contribution in [2.75, 3.05) is 0 Å². The van der Waals surface area contributed by atoms with Crippen molar-refractivity contribution >= 4 is 21.9 Å². The number of rotatable bonds is 5. The number of para-hydroxylation sites is 2. The molecule has 0 atom stereocenters. The molecule has 7 aromatic carbocycles. The van der Waals surface area contributed by atoms with E-state index in [1.807, 2.05) is 12.1 Å². The van der Waals surface area contributed by atoms with Crippen molar-refractivity contribution in [2.24, 2.45) is 0 Å². The first-order chi connectivity index (χ1) is 25.5. The maximum atomic E-state index is 6.56. The summed E-state index contributed by atoms with van der Waals surface area (Å²) in [7, 11) is 0. The van der Waals surface area contributed by atoms with Crippen molar-refractivity contribution in [1.82, 2.24) is 9.97 Å². The van der Waals surface area contributed by atoms with Gasteiger partial charge in [-0.1, -0.05) is 166 Å². The highest BCUT2D eigenvalue weighted by Crippen LogP contribution is 2.52. The molecule has 0 spiro atoms. The number of furan rings is 1. The van der Waals surface area contributed by atoms with Crippen molar-refractivity contribution < 1.29 is 4.42 Å². The zero-order valence-corrected chi connectivity index (χ0v) is 29.0. The third kappa shape index (κ3) is 4.74. The van der Waals surface area contributed by atoms with Gasteiger partial charge < -0.3 is 4.42 Å². The lowest BCUT2D eigenvalue weighted by atomic mass is 9.80. The molecule has 10 rings (SSSR count). The molecule has 0 bridgehead atoms. The molecule has 0 unspecified atom stereocenters. The van der Waals surface area contributed by atoms with Gasteiger partial charge in [-0.05, 0) is 62.7 Å². The summed E-state index contributed by atoms with van der Waals surface area (Å²) in [6, 6.07) is 59.9. The normalized spacial score (nSPS) is 13.0. The summed E-state index contributed by atoms with van der Waals surface area (Å²) in [5.74, 6) is 0.701. The molecule has 0 saturated heterocycles. The van der Waals surface area contributed by atoms with Crippen molar-refractivity contribution in [3.63, 3.8) is 0 Å². The average Bonchev–Trinajstić information content (AvgIpc) is 3.70. The lowest BCUT2D eigenvalue weighted by Gasteiger charge is -2.24. The molecule has 1 aliphatic rings. The summed E-state index contributed by atoms with van der Waals surface area (Å²) < 4.78 is 6.56. The van der Waals surface area contributed by atoms with E-state index in [0.717, 1.165) is 61.1 Å². The molecule has 0 saturated carbocycles. The highest BCUT2D eigenvalue weighted by Gasteiger charge is 2.38. The number of hydrogen-bond acceptors (Lipinski definition) is 3. The van der Waals surface area contributed by atoms with E-state index in [1.54, 1.807) is 0 Å². The second kappa shape index (κ2) is 11.8. The lowest BCUT2D eigenvalue weighted by molar-refractivity contribution is 0.661. The molecule has 1 aliphatic carbocycles. The number of nitrogens with zero attached hydrogens (tertiary/aromatic N) is 2. The molecule has 0 amide bonds. The minimum atomic E-state index is -0.223.